The molecule has 0 spiro atoms. The number of imide groups is 1. The molecule has 17 heteroatoms. The fourth-order valence-corrected chi connectivity index (χ4v) is 8.61. The molecular formula is C50H70N8O8S. The largest absolute Gasteiger partial charge is 0.444 e. The van der Waals surface area contributed by atoms with E-state index in [-0.39, 0.29) is 23.9 Å². The van der Waals surface area contributed by atoms with Crippen molar-refractivity contribution in [2.75, 3.05) is 72.6 Å². The third-order valence-corrected chi connectivity index (χ3v) is 12.0. The van der Waals surface area contributed by atoms with Crippen LogP contribution in [0.1, 0.15) is 128 Å². The molecule has 1 aliphatic carbocycles. The van der Waals surface area contributed by atoms with Crippen LogP contribution in [0, 0.1) is 5.92 Å². The highest BCUT2D eigenvalue weighted by atomic mass is 32.2. The number of likely N-dealkylation sites (N-methyl/N-ethyl adjacent to an activating group) is 2. The zero-order valence-corrected chi connectivity index (χ0v) is 41.5. The summed E-state index contributed by atoms with van der Waals surface area (Å²) in [5, 5.41) is 11.0. The normalized spacial score (nSPS) is 16.0. The van der Waals surface area contributed by atoms with E-state index in [0.717, 1.165) is 108 Å². The first-order chi connectivity index (χ1) is 32.0. The number of aromatic nitrogens is 1. The lowest BCUT2D eigenvalue weighted by molar-refractivity contribution is -0.137. The van der Waals surface area contributed by atoms with Gasteiger partial charge in [0.15, 0.2) is 12.6 Å². The van der Waals surface area contributed by atoms with Crippen LogP contribution in [0.4, 0.5) is 10.5 Å². The predicted molar refractivity (Wildman–Crippen MR) is 265 cm³/mol. The van der Waals surface area contributed by atoms with Crippen molar-refractivity contribution in [3.63, 3.8) is 0 Å². The number of carbonyl (C=O) groups is 7. The Morgan fingerprint density at radius 2 is 1.61 bits per heavy atom. The highest BCUT2D eigenvalue weighted by molar-refractivity contribution is 7.97. The predicted octanol–water partition coefficient (Wildman–Crippen LogP) is 5.61. The first-order valence-corrected chi connectivity index (χ1v) is 24.2. The van der Waals surface area contributed by atoms with Gasteiger partial charge in [-0.15, -0.1) is 0 Å². The second-order valence-electron chi connectivity index (χ2n) is 18.2. The number of thioether (sulfide) groups is 1. The minimum absolute atomic E-state index is 0.217. The van der Waals surface area contributed by atoms with Crippen LogP contribution in [-0.2, 0) is 39.6 Å². The second-order valence-corrected chi connectivity index (χ2v) is 19.1. The highest BCUT2D eigenvalue weighted by Gasteiger charge is 2.34. The number of aromatic amines is 1. The lowest BCUT2D eigenvalue weighted by Crippen LogP contribution is -2.51. The Kier molecular flexibility index (Phi) is 21.0. The number of ether oxygens (including phenoxy) is 1. The zero-order valence-electron chi connectivity index (χ0n) is 40.6. The third-order valence-electron chi connectivity index (χ3n) is 11.4. The number of alkyl carbamates (subject to hydrolysis) is 1. The van der Waals surface area contributed by atoms with E-state index in [4.69, 9.17) is 4.74 Å². The minimum atomic E-state index is -0.413. The number of fused-ring (bicyclic) bond motifs is 2. The molecule has 364 valence electrons. The van der Waals surface area contributed by atoms with Crippen molar-refractivity contribution >= 4 is 66.1 Å². The van der Waals surface area contributed by atoms with Gasteiger partial charge in [0.05, 0.1) is 17.4 Å². The number of anilines is 1. The zero-order chi connectivity index (χ0) is 49.3. The van der Waals surface area contributed by atoms with Crippen molar-refractivity contribution in [3.05, 3.63) is 92.4 Å². The summed E-state index contributed by atoms with van der Waals surface area (Å²) in [4.78, 5) is 90.6. The maximum Gasteiger partial charge on any atom is 0.407 e. The lowest BCUT2D eigenvalue weighted by Gasteiger charge is -2.30. The van der Waals surface area contributed by atoms with Crippen LogP contribution >= 0.6 is 11.8 Å². The summed E-state index contributed by atoms with van der Waals surface area (Å²) in [5.41, 5.74) is 9.34. The fraction of sp³-hybridized carbons (Fsp3) is 0.500. The summed E-state index contributed by atoms with van der Waals surface area (Å²) in [5.74, 6) is 0.865. The van der Waals surface area contributed by atoms with E-state index in [1.165, 1.54) is 12.8 Å². The molecule has 3 aliphatic rings. The third kappa shape index (κ3) is 15.7. The molecule has 2 fully saturated rings. The Balaban J connectivity index is 0.000000242. The summed E-state index contributed by atoms with van der Waals surface area (Å²) in [7, 11) is 9.49. The van der Waals surface area contributed by atoms with Gasteiger partial charge in [0.25, 0.3) is 0 Å². The number of nitrogens with one attached hydrogen (secondary N) is 5. The molecule has 0 bridgehead atoms. The number of hydrogen-bond acceptors (Lipinski definition) is 14. The highest BCUT2D eigenvalue weighted by Crippen LogP contribution is 2.44. The molecule has 6 rings (SSSR count). The van der Waals surface area contributed by atoms with Crippen LogP contribution in [0.3, 0.4) is 0 Å². The van der Waals surface area contributed by atoms with Crippen LogP contribution in [0.25, 0.3) is 5.57 Å². The molecular weight excluding hydrogens is 873 g/mol. The van der Waals surface area contributed by atoms with Crippen molar-refractivity contribution in [2.24, 2.45) is 5.92 Å². The second kappa shape index (κ2) is 26.1. The van der Waals surface area contributed by atoms with Gasteiger partial charge >= 0.3 is 6.09 Å². The van der Waals surface area contributed by atoms with Gasteiger partial charge in [-0.05, 0) is 122 Å². The molecule has 2 aromatic carbocycles. The molecule has 67 heavy (non-hydrogen) atoms. The van der Waals surface area contributed by atoms with Crippen molar-refractivity contribution < 1.29 is 38.3 Å². The number of hydrogen-bond donors (Lipinski definition) is 5. The van der Waals surface area contributed by atoms with Crippen LogP contribution in [0.15, 0.2) is 36.5 Å². The van der Waals surface area contributed by atoms with Gasteiger partial charge in [0, 0.05) is 104 Å². The molecule has 3 heterocycles. The van der Waals surface area contributed by atoms with Gasteiger partial charge < -0.3 is 35.5 Å². The number of aldehydes is 4. The Morgan fingerprint density at radius 3 is 2.19 bits per heavy atom. The first kappa shape index (κ1) is 54.0. The van der Waals surface area contributed by atoms with Crippen molar-refractivity contribution in [1.82, 2.24) is 36.1 Å². The number of H-pyrrole nitrogens is 1. The van der Waals surface area contributed by atoms with Gasteiger partial charge in [-0.25, -0.2) is 4.79 Å². The standard InChI is InChI=1S/C24H27N3O3S.C18H25N3O3.C8H18N2O2/c1-26(2)9-19-18-6-17(14-31-3)16(11-28)7-23(18)27(8-15-4-5-15)10-20-21(12-29)25-22(13-30)24(19)20;1-19-10-4-7-13-5-3-6-14(12-22)15(13)11-21(2)16-8-9-17(23)20-18(16)24;1-8(2,3)12-7(11)10-6-5-9-4/h6-7,9,11-13,15,25H,4-5,8,10,14H2,1-3H3;3,5-6,12,16,19H,4,7-11H2,1-2H3,(H,20,23,24);9H,5-6H2,1-4H3,(H,10,11)/b19-9-;;. The quantitative estimate of drug-likeness (QED) is 0.0564. The van der Waals surface area contributed by atoms with Crippen LogP contribution in [-0.4, -0.2) is 137 Å². The van der Waals surface area contributed by atoms with E-state index in [0.29, 0.717) is 60.9 Å². The van der Waals surface area contributed by atoms with Gasteiger partial charge in [-0.1, -0.05) is 18.2 Å². The van der Waals surface area contributed by atoms with Gasteiger partial charge in [-0.2, -0.15) is 11.8 Å². The minimum Gasteiger partial charge on any atom is -0.444 e. The molecule has 0 radical (unpaired) electrons. The number of rotatable bonds is 19. The molecule has 3 aromatic rings. The fourth-order valence-electron chi connectivity index (χ4n) is 8.05. The maximum atomic E-state index is 12.0. The molecule has 2 aliphatic heterocycles. The molecule has 1 atom stereocenters. The number of benzene rings is 2. The Hall–Kier alpha value is -5.62. The smallest absolute Gasteiger partial charge is 0.407 e. The van der Waals surface area contributed by atoms with E-state index in [2.05, 4.69) is 37.2 Å². The van der Waals surface area contributed by atoms with Crippen molar-refractivity contribution in [3.8, 4) is 0 Å². The monoisotopic (exact) mass is 943 g/mol. The van der Waals surface area contributed by atoms with E-state index < -0.39 is 5.60 Å². The number of amides is 3. The molecule has 1 aromatic heterocycles. The molecule has 5 N–H and O–H groups in total. The lowest BCUT2D eigenvalue weighted by atomic mass is 9.92. The summed E-state index contributed by atoms with van der Waals surface area (Å²) < 4.78 is 5.01. The van der Waals surface area contributed by atoms with Gasteiger partial charge in [0.1, 0.15) is 18.2 Å². The molecule has 3 amide bonds. The van der Waals surface area contributed by atoms with Crippen LogP contribution < -0.4 is 26.2 Å². The van der Waals surface area contributed by atoms with Crippen LogP contribution in [0.5, 0.6) is 0 Å². The topological polar surface area (TPSA) is 202 Å². The van der Waals surface area contributed by atoms with Gasteiger partial charge in [-0.3, -0.25) is 39.0 Å². The number of piperidine rings is 1. The average Bonchev–Trinajstić information content (AvgIpc) is 4.05. The summed E-state index contributed by atoms with van der Waals surface area (Å²) >= 11 is 1.67. The SMILES string of the molecule is CNCCCc1cccc(C=O)c1CN(C)C1CCC(=O)NC1=O.CNCCNC(=O)OC(C)(C)C.CSCc1cc2c(cc1C=O)N(CC1CC1)Cc1c(C=O)[nH]c(C=O)c1/C2=C\N(C)C. The Labute approximate surface area is 399 Å². The summed E-state index contributed by atoms with van der Waals surface area (Å²) in [6.07, 6.45) is 12.1. The van der Waals surface area contributed by atoms with E-state index >= 15 is 0 Å². The average molecular weight is 943 g/mol. The van der Waals surface area contributed by atoms with Crippen molar-refractivity contribution in [2.45, 2.75) is 89.8 Å². The van der Waals surface area contributed by atoms with E-state index in [9.17, 15) is 33.6 Å². The Bertz CT molecular complexity index is 2250. The number of nitrogens with zero attached hydrogens (tertiary/aromatic N) is 3. The van der Waals surface area contributed by atoms with Crippen LogP contribution in [0.2, 0.25) is 0 Å². The Morgan fingerprint density at radius 1 is 0.910 bits per heavy atom. The van der Waals surface area contributed by atoms with Crippen molar-refractivity contribution in [1.29, 1.82) is 0 Å². The van der Waals surface area contributed by atoms with E-state index in [1.807, 2.05) is 103 Å². The maximum absolute atomic E-state index is 12.0. The molecule has 1 saturated carbocycles. The number of carbonyl (C=O) groups excluding carboxylic acids is 7. The van der Waals surface area contributed by atoms with E-state index in [1.54, 1.807) is 11.8 Å². The summed E-state index contributed by atoms with van der Waals surface area (Å²) in [6, 6.07) is 9.47. The van der Waals surface area contributed by atoms with Gasteiger partial charge in [0.2, 0.25) is 11.8 Å². The summed E-state index contributed by atoms with van der Waals surface area (Å²) in [6.45, 7) is 9.65. The first-order valence-electron chi connectivity index (χ1n) is 22.8. The number of aryl methyl sites for hydroxylation is 1. The molecule has 1 saturated heterocycles. The molecule has 16 nitrogen and oxygen atoms in total. The molecule has 1 unspecified atom stereocenters.